The van der Waals surface area contributed by atoms with Crippen molar-refractivity contribution >= 4 is 11.1 Å². The molecule has 0 fully saturated rings. The van der Waals surface area contributed by atoms with Crippen molar-refractivity contribution in [2.75, 3.05) is 0 Å². The summed E-state index contributed by atoms with van der Waals surface area (Å²) in [6.45, 7) is 0.849. The van der Waals surface area contributed by atoms with Gasteiger partial charge in [-0.1, -0.05) is 12.1 Å². The number of benzene rings is 1. The van der Waals surface area contributed by atoms with E-state index in [-0.39, 0.29) is 5.82 Å². The average Bonchev–Trinajstić information content (AvgIpc) is 3.00. The minimum Gasteiger partial charge on any atom is -0.408 e. The molecule has 3 aromatic rings. The Balaban J connectivity index is 1.88. The van der Waals surface area contributed by atoms with Gasteiger partial charge in [-0.25, -0.2) is 14.5 Å². The monoisotopic (exact) mass is 255 g/mol. The van der Waals surface area contributed by atoms with Crippen LogP contribution < -0.4 is 5.76 Å². The molecule has 3 rings (SSSR count). The first-order valence-corrected chi connectivity index (χ1v) is 5.66. The quantitative estimate of drug-likeness (QED) is 0.689. The predicted molar refractivity (Wildman–Crippen MR) is 65.2 cm³/mol. The predicted octanol–water partition coefficient (Wildman–Crippen LogP) is 0.758. The highest BCUT2D eigenvalue weighted by atomic mass is 16.4. The third kappa shape index (κ3) is 1.99. The van der Waals surface area contributed by atoms with Crippen LogP contribution in [0.5, 0.6) is 0 Å². The summed E-state index contributed by atoms with van der Waals surface area (Å²) in [4.78, 5) is 15.5. The number of hydrogen-bond donors (Lipinski definition) is 0. The van der Waals surface area contributed by atoms with Crippen molar-refractivity contribution in [1.29, 1.82) is 5.26 Å². The summed E-state index contributed by atoms with van der Waals surface area (Å²) in [5.74, 6) is -0.286. The van der Waals surface area contributed by atoms with Crippen molar-refractivity contribution < 1.29 is 4.42 Å². The van der Waals surface area contributed by atoms with E-state index >= 15 is 0 Å². The molecular formula is C12H9N5O2. The molecule has 7 heteroatoms. The summed E-state index contributed by atoms with van der Waals surface area (Å²) in [6.07, 6.45) is 1.46. The maximum absolute atomic E-state index is 11.7. The molecule has 0 radical (unpaired) electrons. The summed E-state index contributed by atoms with van der Waals surface area (Å²) < 4.78 is 8.18. The largest absolute Gasteiger partial charge is 0.420 e. The molecule has 0 aliphatic rings. The number of rotatable bonds is 3. The van der Waals surface area contributed by atoms with Gasteiger partial charge in [0.15, 0.2) is 5.58 Å². The fourth-order valence-electron chi connectivity index (χ4n) is 1.88. The van der Waals surface area contributed by atoms with Gasteiger partial charge in [-0.3, -0.25) is 4.57 Å². The number of nitriles is 1. The van der Waals surface area contributed by atoms with Crippen molar-refractivity contribution in [2.45, 2.75) is 13.1 Å². The summed E-state index contributed by atoms with van der Waals surface area (Å²) >= 11 is 0. The van der Waals surface area contributed by atoms with Gasteiger partial charge in [0.2, 0.25) is 0 Å². The first-order chi connectivity index (χ1) is 9.28. The van der Waals surface area contributed by atoms with Crippen molar-refractivity contribution in [3.63, 3.8) is 0 Å². The van der Waals surface area contributed by atoms with Crippen molar-refractivity contribution in [3.05, 3.63) is 47.0 Å². The van der Waals surface area contributed by atoms with Crippen LogP contribution in [0, 0.1) is 11.3 Å². The zero-order valence-corrected chi connectivity index (χ0v) is 9.85. The molecule has 0 saturated carbocycles. The Kier molecular flexibility index (Phi) is 2.61. The number of aromatic nitrogens is 4. The number of aryl methyl sites for hydroxylation is 2. The summed E-state index contributed by atoms with van der Waals surface area (Å²) in [5, 5.41) is 12.6. The normalized spacial score (nSPS) is 10.7. The van der Waals surface area contributed by atoms with Crippen molar-refractivity contribution in [2.24, 2.45) is 0 Å². The van der Waals surface area contributed by atoms with Crippen LogP contribution >= 0.6 is 0 Å². The fraction of sp³-hybridized carbons (Fsp3) is 0.167. The second-order valence-corrected chi connectivity index (χ2v) is 3.93. The third-order valence-corrected chi connectivity index (χ3v) is 2.76. The SMILES string of the molecule is N#Cc1ncn(CCn2c(=O)oc3ccccc32)n1. The van der Waals surface area contributed by atoms with E-state index in [1.165, 1.54) is 15.6 Å². The minimum atomic E-state index is -0.401. The molecule has 0 atom stereocenters. The number of para-hydroxylation sites is 2. The van der Waals surface area contributed by atoms with E-state index in [2.05, 4.69) is 10.1 Å². The molecule has 0 aliphatic heterocycles. The highest BCUT2D eigenvalue weighted by Gasteiger charge is 2.08. The van der Waals surface area contributed by atoms with E-state index in [0.717, 1.165) is 5.52 Å². The number of oxazole rings is 1. The van der Waals surface area contributed by atoms with E-state index in [1.807, 2.05) is 24.3 Å². The topological polar surface area (TPSA) is 89.6 Å². The molecule has 0 saturated heterocycles. The molecule has 2 heterocycles. The zero-order valence-electron chi connectivity index (χ0n) is 9.85. The molecule has 7 nitrogen and oxygen atoms in total. The highest BCUT2D eigenvalue weighted by molar-refractivity contribution is 5.72. The van der Waals surface area contributed by atoms with Gasteiger partial charge < -0.3 is 4.42 Å². The molecule has 0 aliphatic carbocycles. The van der Waals surface area contributed by atoms with Crippen molar-refractivity contribution in [3.8, 4) is 6.07 Å². The average molecular weight is 255 g/mol. The lowest BCUT2D eigenvalue weighted by molar-refractivity contribution is 0.470. The van der Waals surface area contributed by atoms with E-state index in [9.17, 15) is 4.79 Å². The molecule has 19 heavy (non-hydrogen) atoms. The van der Waals surface area contributed by atoms with E-state index in [0.29, 0.717) is 18.7 Å². The van der Waals surface area contributed by atoms with Crippen LogP contribution in [0.1, 0.15) is 5.82 Å². The van der Waals surface area contributed by atoms with Crippen LogP contribution in [0.2, 0.25) is 0 Å². The fourth-order valence-corrected chi connectivity index (χ4v) is 1.88. The summed E-state index contributed by atoms with van der Waals surface area (Å²) in [6, 6.07) is 9.08. The number of nitrogens with zero attached hydrogens (tertiary/aromatic N) is 5. The van der Waals surface area contributed by atoms with Crippen LogP contribution in [0.3, 0.4) is 0 Å². The lowest BCUT2D eigenvalue weighted by Gasteiger charge is -2.01. The zero-order chi connectivity index (χ0) is 13.2. The summed E-state index contributed by atoms with van der Waals surface area (Å²) in [5.41, 5.74) is 1.30. The second-order valence-electron chi connectivity index (χ2n) is 3.93. The Hall–Kier alpha value is -2.88. The maximum atomic E-state index is 11.7. The smallest absolute Gasteiger partial charge is 0.408 e. The third-order valence-electron chi connectivity index (χ3n) is 2.76. The first kappa shape index (κ1) is 11.2. The Morgan fingerprint density at radius 1 is 1.32 bits per heavy atom. The van der Waals surface area contributed by atoms with E-state index in [4.69, 9.17) is 9.68 Å². The second kappa shape index (κ2) is 4.42. The van der Waals surface area contributed by atoms with Gasteiger partial charge in [0.25, 0.3) is 5.82 Å². The molecule has 0 unspecified atom stereocenters. The van der Waals surface area contributed by atoms with E-state index in [1.54, 1.807) is 6.07 Å². The van der Waals surface area contributed by atoms with Crippen LogP contribution in [-0.2, 0) is 13.1 Å². The van der Waals surface area contributed by atoms with Crippen molar-refractivity contribution in [1.82, 2.24) is 19.3 Å². The highest BCUT2D eigenvalue weighted by Crippen LogP contribution is 2.11. The van der Waals surface area contributed by atoms with Gasteiger partial charge >= 0.3 is 5.76 Å². The Morgan fingerprint density at radius 2 is 2.16 bits per heavy atom. The molecule has 94 valence electrons. The van der Waals surface area contributed by atoms with Gasteiger partial charge in [0.05, 0.1) is 12.1 Å². The molecule has 0 amide bonds. The van der Waals surface area contributed by atoms with Gasteiger partial charge in [-0.2, -0.15) is 5.26 Å². The lowest BCUT2D eigenvalue weighted by atomic mass is 10.3. The van der Waals surface area contributed by atoms with Gasteiger partial charge in [-0.15, -0.1) is 5.10 Å². The van der Waals surface area contributed by atoms with Gasteiger partial charge in [-0.05, 0) is 12.1 Å². The Morgan fingerprint density at radius 3 is 2.95 bits per heavy atom. The van der Waals surface area contributed by atoms with Gasteiger partial charge in [0.1, 0.15) is 12.4 Å². The molecule has 0 N–H and O–H groups in total. The first-order valence-electron chi connectivity index (χ1n) is 5.66. The number of fused-ring (bicyclic) bond motifs is 1. The standard InChI is InChI=1S/C12H9N5O2/c13-7-11-14-8-16(15-11)5-6-17-9-3-1-2-4-10(9)19-12(17)18/h1-4,8H,5-6H2. The summed E-state index contributed by atoms with van der Waals surface area (Å²) in [7, 11) is 0. The number of hydrogen-bond acceptors (Lipinski definition) is 5. The molecule has 0 spiro atoms. The van der Waals surface area contributed by atoms with Gasteiger partial charge in [0, 0.05) is 6.54 Å². The molecule has 1 aromatic carbocycles. The molecular weight excluding hydrogens is 246 g/mol. The Labute approximate surface area is 107 Å². The molecule has 2 aromatic heterocycles. The molecule has 0 bridgehead atoms. The minimum absolute atomic E-state index is 0.115. The van der Waals surface area contributed by atoms with Crippen LogP contribution in [0.25, 0.3) is 11.1 Å². The lowest BCUT2D eigenvalue weighted by Crippen LogP contribution is -2.18. The van der Waals surface area contributed by atoms with Crippen LogP contribution in [-0.4, -0.2) is 19.3 Å². The van der Waals surface area contributed by atoms with Crippen LogP contribution in [0.15, 0.2) is 39.8 Å². The Bertz CT molecular complexity index is 820. The maximum Gasteiger partial charge on any atom is 0.420 e. The van der Waals surface area contributed by atoms with E-state index < -0.39 is 5.76 Å². The van der Waals surface area contributed by atoms with Crippen LogP contribution in [0.4, 0.5) is 0 Å².